The number of nitrogens with zero attached hydrogens (tertiary/aromatic N) is 4. The number of rotatable bonds is 5. The van der Waals surface area contributed by atoms with Gasteiger partial charge in [-0.2, -0.15) is 4.98 Å². The minimum atomic E-state index is -4.99. The number of likely N-dealkylation sites (tertiary alicyclic amines) is 1. The van der Waals surface area contributed by atoms with E-state index in [1.54, 1.807) is 0 Å². The van der Waals surface area contributed by atoms with E-state index in [4.69, 9.17) is 16.0 Å². The molecule has 1 aliphatic rings. The normalized spacial score (nSPS) is 17.8. The predicted molar refractivity (Wildman–Crippen MR) is 107 cm³/mol. The Bertz CT molecular complexity index is 1090. The Morgan fingerprint density at radius 3 is 2.90 bits per heavy atom. The van der Waals surface area contributed by atoms with Crippen LogP contribution >= 0.6 is 11.6 Å². The first-order valence-electron chi connectivity index (χ1n) is 9.63. The van der Waals surface area contributed by atoms with Crippen LogP contribution in [0.3, 0.4) is 0 Å². The van der Waals surface area contributed by atoms with Gasteiger partial charge in [0.2, 0.25) is 5.65 Å². The molecule has 0 saturated carbocycles. The molecule has 1 aromatic carbocycles. The average Bonchev–Trinajstić information content (AvgIpc) is 3.07. The number of hydrogen-bond donors (Lipinski definition) is 2. The van der Waals surface area contributed by atoms with Crippen molar-refractivity contribution in [1.82, 2.24) is 19.9 Å². The molecule has 0 unspecified atom stereocenters. The fourth-order valence-corrected chi connectivity index (χ4v) is 3.77. The Morgan fingerprint density at radius 2 is 2.16 bits per heavy atom. The molecule has 8 nitrogen and oxygen atoms in total. The van der Waals surface area contributed by atoms with Crippen molar-refractivity contribution in [3.8, 4) is 22.8 Å². The number of halogens is 4. The molecule has 0 spiro atoms. The lowest BCUT2D eigenvalue weighted by molar-refractivity contribution is -0.274. The summed E-state index contributed by atoms with van der Waals surface area (Å²) in [4.78, 5) is 14.8. The minimum absolute atomic E-state index is 0.0735. The molecule has 1 saturated heterocycles. The second-order valence-electron chi connectivity index (χ2n) is 7.13. The van der Waals surface area contributed by atoms with Crippen molar-refractivity contribution in [2.45, 2.75) is 32.2 Å². The van der Waals surface area contributed by atoms with Gasteiger partial charge < -0.3 is 24.5 Å². The summed E-state index contributed by atoms with van der Waals surface area (Å²) >= 11 is 5.77. The number of aromatic nitrogens is 3. The van der Waals surface area contributed by atoms with Gasteiger partial charge in [0, 0.05) is 23.7 Å². The van der Waals surface area contributed by atoms with Crippen LogP contribution in [0.15, 0.2) is 22.7 Å². The molecule has 3 heterocycles. The maximum Gasteiger partial charge on any atom is 0.573 e. The minimum Gasteiger partial charge on any atom is -0.507 e. The van der Waals surface area contributed by atoms with Gasteiger partial charge in [0.05, 0.1) is 17.5 Å². The van der Waals surface area contributed by atoms with Gasteiger partial charge >= 0.3 is 6.36 Å². The van der Waals surface area contributed by atoms with E-state index in [2.05, 4.69) is 36.8 Å². The van der Waals surface area contributed by atoms with Gasteiger partial charge in [-0.25, -0.2) is 9.97 Å². The zero-order valence-corrected chi connectivity index (χ0v) is 17.2. The van der Waals surface area contributed by atoms with E-state index < -0.39 is 17.9 Å². The maximum atomic E-state index is 12.8. The predicted octanol–water partition coefficient (Wildman–Crippen LogP) is 4.44. The van der Waals surface area contributed by atoms with Gasteiger partial charge in [-0.15, -0.1) is 13.2 Å². The highest BCUT2D eigenvalue weighted by Gasteiger charge is 2.33. The molecule has 0 amide bonds. The molecular formula is C19H19ClF3N5O3. The Kier molecular flexibility index (Phi) is 5.80. The van der Waals surface area contributed by atoms with Crippen LogP contribution in [0.4, 0.5) is 19.2 Å². The van der Waals surface area contributed by atoms with Crippen LogP contribution in [0.5, 0.6) is 11.5 Å². The van der Waals surface area contributed by atoms with E-state index in [0.717, 1.165) is 44.6 Å². The Morgan fingerprint density at radius 1 is 1.35 bits per heavy atom. The molecule has 12 heteroatoms. The fourth-order valence-electron chi connectivity index (χ4n) is 3.57. The smallest absolute Gasteiger partial charge is 0.507 e. The van der Waals surface area contributed by atoms with Gasteiger partial charge in [0.15, 0.2) is 0 Å². The van der Waals surface area contributed by atoms with E-state index >= 15 is 0 Å². The molecule has 1 fully saturated rings. The summed E-state index contributed by atoms with van der Waals surface area (Å²) in [7, 11) is 0. The van der Waals surface area contributed by atoms with Gasteiger partial charge in [-0.05, 0) is 32.0 Å². The average molecular weight is 458 g/mol. The lowest BCUT2D eigenvalue weighted by atomic mass is 10.1. The lowest BCUT2D eigenvalue weighted by Crippen LogP contribution is -2.41. The number of alkyl halides is 3. The number of oxazole rings is 1. The molecule has 1 aliphatic heterocycles. The van der Waals surface area contributed by atoms with E-state index in [-0.39, 0.29) is 39.7 Å². The Balaban J connectivity index is 1.64. The van der Waals surface area contributed by atoms with Crippen molar-refractivity contribution in [1.29, 1.82) is 0 Å². The third-order valence-electron chi connectivity index (χ3n) is 4.93. The van der Waals surface area contributed by atoms with E-state index in [9.17, 15) is 18.3 Å². The SMILES string of the molecule is CCN1CCC[C@@H](Nc2nc3nc(-c4c(O)cc(Cl)cc4OC(F)(F)F)cnc3o2)C1. The molecule has 1 atom stereocenters. The summed E-state index contributed by atoms with van der Waals surface area (Å²) in [6.45, 7) is 4.94. The number of anilines is 1. The number of phenols is 1. The van der Waals surface area contributed by atoms with Crippen molar-refractivity contribution in [3.05, 3.63) is 23.4 Å². The van der Waals surface area contributed by atoms with Crippen molar-refractivity contribution in [2.24, 2.45) is 0 Å². The monoisotopic (exact) mass is 457 g/mol. The largest absolute Gasteiger partial charge is 0.573 e. The highest BCUT2D eigenvalue weighted by atomic mass is 35.5. The fraction of sp³-hybridized carbons (Fsp3) is 0.421. The van der Waals surface area contributed by atoms with Crippen LogP contribution in [-0.2, 0) is 0 Å². The number of nitrogens with one attached hydrogen (secondary N) is 1. The molecule has 0 aliphatic carbocycles. The molecule has 166 valence electrons. The second kappa shape index (κ2) is 8.39. The van der Waals surface area contributed by atoms with Crippen LogP contribution in [0.25, 0.3) is 22.6 Å². The van der Waals surface area contributed by atoms with Crippen LogP contribution in [-0.4, -0.2) is 57.0 Å². The van der Waals surface area contributed by atoms with Gasteiger partial charge in [0.25, 0.3) is 11.7 Å². The van der Waals surface area contributed by atoms with Crippen LogP contribution < -0.4 is 10.1 Å². The highest BCUT2D eigenvalue weighted by Crippen LogP contribution is 2.41. The summed E-state index contributed by atoms with van der Waals surface area (Å²) in [5.41, 5.74) is -0.188. The van der Waals surface area contributed by atoms with Crippen molar-refractivity contribution in [2.75, 3.05) is 25.0 Å². The molecule has 4 rings (SSSR count). The summed E-state index contributed by atoms with van der Waals surface area (Å²) < 4.78 is 48.0. The molecule has 0 bridgehead atoms. The number of piperidine rings is 1. The summed E-state index contributed by atoms with van der Waals surface area (Å²) in [6, 6.07) is 2.40. The van der Waals surface area contributed by atoms with E-state index in [1.807, 2.05) is 0 Å². The number of benzene rings is 1. The van der Waals surface area contributed by atoms with Gasteiger partial charge in [0.1, 0.15) is 11.5 Å². The third-order valence-corrected chi connectivity index (χ3v) is 5.15. The van der Waals surface area contributed by atoms with Gasteiger partial charge in [-0.1, -0.05) is 18.5 Å². The molecular weight excluding hydrogens is 439 g/mol. The van der Waals surface area contributed by atoms with E-state index in [1.165, 1.54) is 6.20 Å². The number of fused-ring (bicyclic) bond motifs is 1. The Labute approximate surface area is 180 Å². The zero-order valence-electron chi connectivity index (χ0n) is 16.4. The topological polar surface area (TPSA) is 96.5 Å². The molecule has 2 aromatic heterocycles. The standard InChI is InChI=1S/C19H19ClF3N5O3/c1-2-28-5-3-4-11(9-28)25-18-27-16-17(30-18)24-8-12(26-16)15-13(29)6-10(20)7-14(15)31-19(21,22)23/h6-8,11,29H,2-5,9H2,1H3,(H,25,26,27)/t11-/m1/s1. The van der Waals surface area contributed by atoms with Crippen molar-refractivity contribution >= 4 is 29.0 Å². The number of likely N-dealkylation sites (N-methyl/N-ethyl adjacent to an activating group) is 1. The van der Waals surface area contributed by atoms with Crippen molar-refractivity contribution < 1.29 is 27.4 Å². The van der Waals surface area contributed by atoms with E-state index in [0.29, 0.717) is 0 Å². The number of ether oxygens (including phenoxy) is 1. The number of hydrogen-bond acceptors (Lipinski definition) is 8. The molecule has 31 heavy (non-hydrogen) atoms. The molecule has 3 aromatic rings. The van der Waals surface area contributed by atoms with Crippen molar-refractivity contribution in [3.63, 3.8) is 0 Å². The summed E-state index contributed by atoms with van der Waals surface area (Å²) in [6.07, 6.45) is -1.81. The van der Waals surface area contributed by atoms with Crippen LogP contribution in [0, 0.1) is 0 Å². The quantitative estimate of drug-likeness (QED) is 0.580. The second-order valence-corrected chi connectivity index (χ2v) is 7.56. The third kappa shape index (κ3) is 4.93. The first-order chi connectivity index (χ1) is 14.7. The zero-order chi connectivity index (χ0) is 22.2. The van der Waals surface area contributed by atoms with Crippen LogP contribution in [0.2, 0.25) is 5.02 Å². The first kappa shape index (κ1) is 21.4. The highest BCUT2D eigenvalue weighted by molar-refractivity contribution is 6.31. The molecule has 2 N–H and O–H groups in total. The maximum absolute atomic E-state index is 12.8. The summed E-state index contributed by atoms with van der Waals surface area (Å²) in [5, 5.41) is 13.3. The number of aromatic hydroxyl groups is 1. The number of phenolic OH excluding ortho intramolecular Hbond substituents is 1. The lowest BCUT2D eigenvalue weighted by Gasteiger charge is -2.31. The molecule has 0 radical (unpaired) electrons. The Hall–Kier alpha value is -2.79. The van der Waals surface area contributed by atoms with Gasteiger partial charge in [-0.3, -0.25) is 0 Å². The summed E-state index contributed by atoms with van der Waals surface area (Å²) in [5.74, 6) is -1.24. The first-order valence-corrected chi connectivity index (χ1v) is 10.0. The van der Waals surface area contributed by atoms with Crippen LogP contribution in [0.1, 0.15) is 19.8 Å².